The van der Waals surface area contributed by atoms with Crippen LogP contribution in [0.5, 0.6) is 0 Å². The van der Waals surface area contributed by atoms with Gasteiger partial charge in [0, 0.05) is 6.54 Å². The first-order valence-corrected chi connectivity index (χ1v) is 7.55. The first-order valence-electron chi connectivity index (χ1n) is 7.55. The summed E-state index contributed by atoms with van der Waals surface area (Å²) in [6, 6.07) is 5.33. The Labute approximate surface area is 117 Å². The summed E-state index contributed by atoms with van der Waals surface area (Å²) >= 11 is 0. The van der Waals surface area contributed by atoms with Gasteiger partial charge in [-0.15, -0.1) is 0 Å². The third kappa shape index (κ3) is 7.31. The Morgan fingerprint density at radius 1 is 1.11 bits per heavy atom. The Morgan fingerprint density at radius 2 is 1.84 bits per heavy atom. The van der Waals surface area contributed by atoms with E-state index in [9.17, 15) is 4.39 Å². The number of hydrogen-bond donors (Lipinski definition) is 1. The van der Waals surface area contributed by atoms with Crippen molar-refractivity contribution in [3.8, 4) is 0 Å². The van der Waals surface area contributed by atoms with E-state index in [-0.39, 0.29) is 5.82 Å². The molecule has 0 aliphatic heterocycles. The van der Waals surface area contributed by atoms with Crippen molar-refractivity contribution >= 4 is 0 Å². The largest absolute Gasteiger partial charge is 0.313 e. The van der Waals surface area contributed by atoms with E-state index < -0.39 is 0 Å². The molecule has 0 aliphatic carbocycles. The quantitative estimate of drug-likeness (QED) is 0.631. The van der Waals surface area contributed by atoms with E-state index in [0.29, 0.717) is 0 Å². The van der Waals surface area contributed by atoms with Crippen LogP contribution in [-0.4, -0.2) is 6.54 Å². The third-order valence-electron chi connectivity index (χ3n) is 3.44. The molecule has 0 aromatic heterocycles. The summed E-state index contributed by atoms with van der Waals surface area (Å²) in [6.45, 7) is 8.28. The predicted octanol–water partition coefficient (Wildman–Crippen LogP) is 4.83. The minimum absolute atomic E-state index is 0.117. The van der Waals surface area contributed by atoms with Gasteiger partial charge in [-0.3, -0.25) is 0 Å². The first-order chi connectivity index (χ1) is 9.09. The molecule has 2 heteroatoms. The van der Waals surface area contributed by atoms with Crippen molar-refractivity contribution < 1.29 is 4.39 Å². The van der Waals surface area contributed by atoms with Gasteiger partial charge in [0.25, 0.3) is 0 Å². The van der Waals surface area contributed by atoms with Crippen LogP contribution in [0.3, 0.4) is 0 Å². The van der Waals surface area contributed by atoms with Gasteiger partial charge in [0.1, 0.15) is 5.82 Å². The predicted molar refractivity (Wildman–Crippen MR) is 80.8 cm³/mol. The van der Waals surface area contributed by atoms with Gasteiger partial charge in [-0.2, -0.15) is 0 Å². The lowest BCUT2D eigenvalue weighted by molar-refractivity contribution is 0.512. The molecular weight excluding hydrogens is 237 g/mol. The second-order valence-electron chi connectivity index (χ2n) is 5.86. The fourth-order valence-corrected chi connectivity index (χ4v) is 2.21. The summed E-state index contributed by atoms with van der Waals surface area (Å²) in [5.41, 5.74) is 1.90. The van der Waals surface area contributed by atoms with E-state index in [1.165, 1.54) is 37.7 Å². The Balaban J connectivity index is 2.03. The molecule has 1 aromatic carbocycles. The monoisotopic (exact) mass is 265 g/mol. The number of benzene rings is 1. The van der Waals surface area contributed by atoms with E-state index in [0.717, 1.165) is 24.6 Å². The van der Waals surface area contributed by atoms with Gasteiger partial charge in [0.2, 0.25) is 0 Å². The molecule has 0 bridgehead atoms. The van der Waals surface area contributed by atoms with E-state index in [2.05, 4.69) is 19.2 Å². The van der Waals surface area contributed by atoms with Crippen molar-refractivity contribution in [3.05, 3.63) is 35.1 Å². The molecule has 0 fully saturated rings. The maximum atomic E-state index is 13.1. The standard InChI is InChI=1S/C17H28FN/c1-14(2)8-6-4-5-7-11-19-13-16-9-10-17(18)15(3)12-16/h9-10,12,14,19H,4-8,11,13H2,1-3H3. The molecule has 0 amide bonds. The summed E-state index contributed by atoms with van der Waals surface area (Å²) in [5.74, 6) is 0.716. The van der Waals surface area contributed by atoms with Gasteiger partial charge in [-0.05, 0) is 43.0 Å². The maximum absolute atomic E-state index is 13.1. The van der Waals surface area contributed by atoms with Gasteiger partial charge < -0.3 is 5.32 Å². The van der Waals surface area contributed by atoms with Gasteiger partial charge in [-0.25, -0.2) is 4.39 Å². The van der Waals surface area contributed by atoms with Crippen LogP contribution in [0.1, 0.15) is 57.1 Å². The summed E-state index contributed by atoms with van der Waals surface area (Å²) in [7, 11) is 0. The van der Waals surface area contributed by atoms with Crippen LogP contribution in [0.4, 0.5) is 4.39 Å². The summed E-state index contributed by atoms with van der Waals surface area (Å²) in [4.78, 5) is 0. The first kappa shape index (κ1) is 16.2. The summed E-state index contributed by atoms with van der Waals surface area (Å²) in [6.07, 6.45) is 6.59. The fraction of sp³-hybridized carbons (Fsp3) is 0.647. The van der Waals surface area contributed by atoms with Gasteiger partial charge in [-0.1, -0.05) is 51.7 Å². The second-order valence-corrected chi connectivity index (χ2v) is 5.86. The molecular formula is C17H28FN. The number of rotatable bonds is 9. The Bertz CT molecular complexity index is 360. The molecule has 1 nitrogen and oxygen atoms in total. The average molecular weight is 265 g/mol. The molecule has 0 aliphatic rings. The highest BCUT2D eigenvalue weighted by molar-refractivity contribution is 5.23. The zero-order valence-electron chi connectivity index (χ0n) is 12.6. The zero-order valence-corrected chi connectivity index (χ0v) is 12.6. The number of nitrogens with one attached hydrogen (secondary N) is 1. The van der Waals surface area contributed by atoms with Crippen molar-refractivity contribution in [1.82, 2.24) is 5.32 Å². The minimum atomic E-state index is -0.117. The summed E-state index contributed by atoms with van der Waals surface area (Å²) in [5, 5.41) is 3.43. The van der Waals surface area contributed by atoms with Crippen molar-refractivity contribution in [2.24, 2.45) is 5.92 Å². The zero-order chi connectivity index (χ0) is 14.1. The molecule has 0 heterocycles. The number of halogens is 1. The van der Waals surface area contributed by atoms with E-state index in [4.69, 9.17) is 0 Å². The van der Waals surface area contributed by atoms with Gasteiger partial charge in [0.15, 0.2) is 0 Å². The smallest absolute Gasteiger partial charge is 0.126 e. The highest BCUT2D eigenvalue weighted by Gasteiger charge is 1.99. The molecule has 0 atom stereocenters. The maximum Gasteiger partial charge on any atom is 0.126 e. The molecule has 0 saturated heterocycles. The highest BCUT2D eigenvalue weighted by Crippen LogP contribution is 2.10. The van der Waals surface area contributed by atoms with Crippen molar-refractivity contribution in [1.29, 1.82) is 0 Å². The lowest BCUT2D eigenvalue weighted by atomic mass is 10.0. The third-order valence-corrected chi connectivity index (χ3v) is 3.44. The molecule has 19 heavy (non-hydrogen) atoms. The topological polar surface area (TPSA) is 12.0 Å². The van der Waals surface area contributed by atoms with Gasteiger partial charge >= 0.3 is 0 Å². The van der Waals surface area contributed by atoms with Crippen molar-refractivity contribution in [2.75, 3.05) is 6.54 Å². The number of unbranched alkanes of at least 4 members (excludes halogenated alkanes) is 3. The molecule has 0 spiro atoms. The normalized spacial score (nSPS) is 11.2. The lowest BCUT2D eigenvalue weighted by Gasteiger charge is -2.07. The van der Waals surface area contributed by atoms with Crippen LogP contribution < -0.4 is 5.32 Å². The van der Waals surface area contributed by atoms with Crippen LogP contribution in [0.2, 0.25) is 0 Å². The average Bonchev–Trinajstić information content (AvgIpc) is 2.36. The van der Waals surface area contributed by atoms with Crippen LogP contribution in [0.25, 0.3) is 0 Å². The number of aryl methyl sites for hydroxylation is 1. The molecule has 0 unspecified atom stereocenters. The SMILES string of the molecule is Cc1cc(CNCCCCCCC(C)C)ccc1F. The van der Waals surface area contributed by atoms with Crippen LogP contribution in [0.15, 0.2) is 18.2 Å². The van der Waals surface area contributed by atoms with E-state index in [1.54, 1.807) is 6.07 Å². The Morgan fingerprint density at radius 3 is 2.53 bits per heavy atom. The molecule has 1 aromatic rings. The molecule has 1 rings (SSSR count). The van der Waals surface area contributed by atoms with Crippen LogP contribution in [-0.2, 0) is 6.54 Å². The van der Waals surface area contributed by atoms with E-state index in [1.807, 2.05) is 19.1 Å². The molecule has 0 radical (unpaired) electrons. The number of hydrogen-bond acceptors (Lipinski definition) is 1. The summed E-state index contributed by atoms with van der Waals surface area (Å²) < 4.78 is 13.1. The molecule has 1 N–H and O–H groups in total. The fourth-order valence-electron chi connectivity index (χ4n) is 2.21. The van der Waals surface area contributed by atoms with Crippen molar-refractivity contribution in [3.63, 3.8) is 0 Å². The molecule has 0 saturated carbocycles. The van der Waals surface area contributed by atoms with Crippen LogP contribution in [0, 0.1) is 18.7 Å². The Kier molecular flexibility index (Phi) is 7.73. The Hall–Kier alpha value is -0.890. The van der Waals surface area contributed by atoms with Crippen molar-refractivity contribution in [2.45, 2.75) is 59.4 Å². The minimum Gasteiger partial charge on any atom is -0.313 e. The molecule has 108 valence electrons. The van der Waals surface area contributed by atoms with Crippen LogP contribution >= 0.6 is 0 Å². The van der Waals surface area contributed by atoms with Gasteiger partial charge in [0.05, 0.1) is 0 Å². The second kappa shape index (κ2) is 9.08. The van der Waals surface area contributed by atoms with E-state index >= 15 is 0 Å². The highest BCUT2D eigenvalue weighted by atomic mass is 19.1. The lowest BCUT2D eigenvalue weighted by Crippen LogP contribution is -2.14.